The molecule has 0 aliphatic rings. The third-order valence-corrected chi connectivity index (χ3v) is 1.65. The molecule has 0 saturated carbocycles. The number of anilines is 1. The number of aliphatic hydroxyl groups is 1. The van der Waals surface area contributed by atoms with Gasteiger partial charge < -0.3 is 10.8 Å². The monoisotopic (exact) mass is 181 g/mol. The van der Waals surface area contributed by atoms with Gasteiger partial charge in [-0.3, -0.25) is 0 Å². The molecule has 1 rings (SSSR count). The summed E-state index contributed by atoms with van der Waals surface area (Å²) < 4.78 is 13.2. The lowest BCUT2D eigenvalue weighted by Gasteiger charge is -1.99. The molecule has 0 aliphatic heterocycles. The van der Waals surface area contributed by atoms with E-state index in [0.29, 0.717) is 12.0 Å². The van der Waals surface area contributed by atoms with Crippen LogP contribution in [0.5, 0.6) is 0 Å². The van der Waals surface area contributed by atoms with Crippen LogP contribution in [0, 0.1) is 5.82 Å². The Morgan fingerprint density at radius 3 is 2.92 bits per heavy atom. The minimum Gasteiger partial charge on any atom is -0.396 e. The first-order valence-electron chi connectivity index (χ1n) is 4.07. The van der Waals surface area contributed by atoms with E-state index in [0.717, 1.165) is 0 Å². The van der Waals surface area contributed by atoms with Crippen LogP contribution in [0.25, 0.3) is 6.08 Å². The average molecular weight is 181 g/mol. The standard InChI is InChI=1S/C10H12FNO/c11-10-8(4-1-2-7-13)5-3-6-9(10)12/h1,3-6,13H,2,7,12H2. The number of hydrogen-bond acceptors (Lipinski definition) is 2. The Bertz CT molecular complexity index is 310. The van der Waals surface area contributed by atoms with Crippen molar-refractivity contribution in [2.75, 3.05) is 12.3 Å². The van der Waals surface area contributed by atoms with Crippen LogP contribution in [-0.2, 0) is 0 Å². The summed E-state index contributed by atoms with van der Waals surface area (Å²) >= 11 is 0. The summed E-state index contributed by atoms with van der Waals surface area (Å²) in [5.74, 6) is -0.406. The molecular weight excluding hydrogens is 169 g/mol. The largest absolute Gasteiger partial charge is 0.396 e. The molecule has 0 heterocycles. The number of aliphatic hydroxyl groups excluding tert-OH is 1. The summed E-state index contributed by atoms with van der Waals surface area (Å²) in [6.45, 7) is 0.0699. The fourth-order valence-corrected chi connectivity index (χ4v) is 0.982. The van der Waals surface area contributed by atoms with Crippen LogP contribution in [0.2, 0.25) is 0 Å². The van der Waals surface area contributed by atoms with Gasteiger partial charge in [0, 0.05) is 12.2 Å². The molecule has 0 radical (unpaired) electrons. The second-order valence-electron chi connectivity index (χ2n) is 2.67. The second kappa shape index (κ2) is 4.62. The van der Waals surface area contributed by atoms with Crippen molar-refractivity contribution in [1.29, 1.82) is 0 Å². The SMILES string of the molecule is Nc1cccc(C=CCCO)c1F. The van der Waals surface area contributed by atoms with Crippen molar-refractivity contribution in [3.8, 4) is 0 Å². The summed E-state index contributed by atoms with van der Waals surface area (Å²) in [6, 6.07) is 4.84. The predicted octanol–water partition coefficient (Wildman–Crippen LogP) is 1.80. The van der Waals surface area contributed by atoms with Crippen molar-refractivity contribution in [3.05, 3.63) is 35.7 Å². The molecule has 0 fully saturated rings. The predicted molar refractivity (Wildman–Crippen MR) is 51.5 cm³/mol. The molecule has 13 heavy (non-hydrogen) atoms. The van der Waals surface area contributed by atoms with Crippen LogP contribution in [0.4, 0.5) is 10.1 Å². The molecule has 0 amide bonds. The van der Waals surface area contributed by atoms with Gasteiger partial charge in [0.1, 0.15) is 0 Å². The molecule has 0 spiro atoms. The van der Waals surface area contributed by atoms with Gasteiger partial charge >= 0.3 is 0 Å². The number of hydrogen-bond donors (Lipinski definition) is 2. The topological polar surface area (TPSA) is 46.2 Å². The summed E-state index contributed by atoms with van der Waals surface area (Å²) in [4.78, 5) is 0. The molecule has 0 atom stereocenters. The van der Waals surface area contributed by atoms with Crippen LogP contribution in [0.1, 0.15) is 12.0 Å². The van der Waals surface area contributed by atoms with Gasteiger partial charge in [0.2, 0.25) is 0 Å². The number of nitrogens with two attached hydrogens (primary N) is 1. The van der Waals surface area contributed by atoms with Crippen LogP contribution in [0.3, 0.4) is 0 Å². The van der Waals surface area contributed by atoms with E-state index in [1.807, 2.05) is 0 Å². The molecule has 3 heteroatoms. The zero-order valence-electron chi connectivity index (χ0n) is 7.20. The molecule has 0 saturated heterocycles. The Labute approximate surface area is 76.5 Å². The smallest absolute Gasteiger partial charge is 0.153 e. The fourth-order valence-electron chi connectivity index (χ4n) is 0.982. The van der Waals surface area contributed by atoms with Gasteiger partial charge in [-0.25, -0.2) is 4.39 Å². The summed E-state index contributed by atoms with van der Waals surface area (Å²) in [6.07, 6.45) is 3.84. The highest BCUT2D eigenvalue weighted by Crippen LogP contribution is 2.15. The van der Waals surface area contributed by atoms with E-state index in [9.17, 15) is 4.39 Å². The Balaban J connectivity index is 2.83. The zero-order chi connectivity index (χ0) is 9.68. The molecule has 0 unspecified atom stereocenters. The molecule has 2 nitrogen and oxygen atoms in total. The van der Waals surface area contributed by atoms with Gasteiger partial charge in [-0.05, 0) is 12.5 Å². The Hall–Kier alpha value is -1.35. The van der Waals surface area contributed by atoms with E-state index in [1.54, 1.807) is 24.3 Å². The third kappa shape index (κ3) is 2.56. The first-order chi connectivity index (χ1) is 6.25. The fraction of sp³-hybridized carbons (Fsp3) is 0.200. The highest BCUT2D eigenvalue weighted by Gasteiger charge is 2.00. The van der Waals surface area contributed by atoms with Crippen molar-refractivity contribution in [2.45, 2.75) is 6.42 Å². The maximum atomic E-state index is 13.2. The van der Waals surface area contributed by atoms with Gasteiger partial charge in [0.25, 0.3) is 0 Å². The quantitative estimate of drug-likeness (QED) is 0.698. The summed E-state index contributed by atoms with van der Waals surface area (Å²) in [5, 5.41) is 8.50. The van der Waals surface area contributed by atoms with E-state index in [2.05, 4.69) is 0 Å². The van der Waals surface area contributed by atoms with E-state index >= 15 is 0 Å². The maximum absolute atomic E-state index is 13.2. The van der Waals surface area contributed by atoms with Gasteiger partial charge in [-0.15, -0.1) is 0 Å². The summed E-state index contributed by atoms with van der Waals surface area (Å²) in [5.41, 5.74) is 5.96. The van der Waals surface area contributed by atoms with Crippen LogP contribution in [-0.4, -0.2) is 11.7 Å². The van der Waals surface area contributed by atoms with Crippen molar-refractivity contribution in [2.24, 2.45) is 0 Å². The second-order valence-corrected chi connectivity index (χ2v) is 2.67. The van der Waals surface area contributed by atoms with Crippen LogP contribution < -0.4 is 5.73 Å². The van der Waals surface area contributed by atoms with Crippen molar-refractivity contribution < 1.29 is 9.50 Å². The molecule has 70 valence electrons. The van der Waals surface area contributed by atoms with E-state index in [4.69, 9.17) is 10.8 Å². The Morgan fingerprint density at radius 1 is 1.46 bits per heavy atom. The van der Waals surface area contributed by atoms with E-state index < -0.39 is 5.82 Å². The molecule has 3 N–H and O–H groups in total. The maximum Gasteiger partial charge on any atom is 0.153 e. The Morgan fingerprint density at radius 2 is 2.23 bits per heavy atom. The first-order valence-corrected chi connectivity index (χ1v) is 4.07. The van der Waals surface area contributed by atoms with Crippen molar-refractivity contribution >= 4 is 11.8 Å². The van der Waals surface area contributed by atoms with Crippen molar-refractivity contribution in [1.82, 2.24) is 0 Å². The average Bonchev–Trinajstić information content (AvgIpc) is 2.13. The molecule has 1 aromatic carbocycles. The van der Waals surface area contributed by atoms with Crippen LogP contribution in [0.15, 0.2) is 24.3 Å². The molecule has 0 aromatic heterocycles. The minimum absolute atomic E-state index is 0.0699. The Kier molecular flexibility index (Phi) is 3.46. The molecule has 0 bridgehead atoms. The van der Waals surface area contributed by atoms with Gasteiger partial charge in [-0.1, -0.05) is 24.3 Å². The number of halogens is 1. The molecule has 0 aliphatic carbocycles. The minimum atomic E-state index is -0.406. The lowest BCUT2D eigenvalue weighted by molar-refractivity contribution is 0.303. The van der Waals surface area contributed by atoms with Gasteiger partial charge in [0.15, 0.2) is 5.82 Å². The summed E-state index contributed by atoms with van der Waals surface area (Å²) in [7, 11) is 0. The van der Waals surface area contributed by atoms with Gasteiger partial charge in [0.05, 0.1) is 5.69 Å². The van der Waals surface area contributed by atoms with E-state index in [-0.39, 0.29) is 12.3 Å². The lowest BCUT2D eigenvalue weighted by Crippen LogP contribution is -1.92. The highest BCUT2D eigenvalue weighted by atomic mass is 19.1. The molecular formula is C10H12FNO. The number of rotatable bonds is 3. The van der Waals surface area contributed by atoms with Crippen LogP contribution >= 0.6 is 0 Å². The highest BCUT2D eigenvalue weighted by molar-refractivity contribution is 5.56. The lowest BCUT2D eigenvalue weighted by atomic mass is 10.1. The van der Waals surface area contributed by atoms with E-state index in [1.165, 1.54) is 6.07 Å². The molecule has 1 aromatic rings. The number of nitrogen functional groups attached to an aromatic ring is 1. The van der Waals surface area contributed by atoms with Gasteiger partial charge in [-0.2, -0.15) is 0 Å². The third-order valence-electron chi connectivity index (χ3n) is 1.65. The first kappa shape index (κ1) is 9.74. The number of benzene rings is 1. The normalized spacial score (nSPS) is 10.9. The van der Waals surface area contributed by atoms with Crippen molar-refractivity contribution in [3.63, 3.8) is 0 Å². The zero-order valence-corrected chi connectivity index (χ0v) is 7.20.